The van der Waals surface area contributed by atoms with Gasteiger partial charge in [-0.1, -0.05) is 25.1 Å². The Morgan fingerprint density at radius 3 is 2.65 bits per heavy atom. The number of benzene rings is 1. The summed E-state index contributed by atoms with van der Waals surface area (Å²) in [5.74, 6) is 0.754. The normalized spacial score (nSPS) is 12.4. The number of aromatic nitrogens is 2. The SMILES string of the molecule is CCCn1ncc(OC)c1C(N)c1ccc(C)c(C)c1. The highest BCUT2D eigenvalue weighted by Gasteiger charge is 2.20. The van der Waals surface area contributed by atoms with Gasteiger partial charge in [0.25, 0.3) is 0 Å². The third-order valence-electron chi connectivity index (χ3n) is 3.68. The van der Waals surface area contributed by atoms with Crippen molar-refractivity contribution in [3.63, 3.8) is 0 Å². The molecule has 0 saturated heterocycles. The summed E-state index contributed by atoms with van der Waals surface area (Å²) >= 11 is 0. The highest BCUT2D eigenvalue weighted by atomic mass is 16.5. The van der Waals surface area contributed by atoms with Crippen LogP contribution >= 0.6 is 0 Å². The van der Waals surface area contributed by atoms with E-state index in [1.165, 1.54) is 11.1 Å². The van der Waals surface area contributed by atoms with Gasteiger partial charge in [0, 0.05) is 6.54 Å². The number of hydrogen-bond donors (Lipinski definition) is 1. The van der Waals surface area contributed by atoms with Crippen LogP contribution in [0.15, 0.2) is 24.4 Å². The van der Waals surface area contributed by atoms with Crippen molar-refractivity contribution in [2.45, 2.75) is 39.8 Å². The van der Waals surface area contributed by atoms with Crippen LogP contribution in [0, 0.1) is 13.8 Å². The fourth-order valence-corrected chi connectivity index (χ4v) is 2.35. The van der Waals surface area contributed by atoms with Crippen molar-refractivity contribution in [2.75, 3.05) is 7.11 Å². The molecule has 0 fully saturated rings. The molecule has 0 aliphatic carbocycles. The van der Waals surface area contributed by atoms with Crippen LogP contribution in [0.3, 0.4) is 0 Å². The van der Waals surface area contributed by atoms with Crippen LogP contribution in [0.25, 0.3) is 0 Å². The summed E-state index contributed by atoms with van der Waals surface area (Å²) in [6, 6.07) is 6.11. The summed E-state index contributed by atoms with van der Waals surface area (Å²) in [7, 11) is 1.66. The molecule has 0 saturated carbocycles. The third kappa shape index (κ3) is 2.70. The number of nitrogens with two attached hydrogens (primary N) is 1. The molecule has 20 heavy (non-hydrogen) atoms. The molecule has 0 aliphatic heterocycles. The van der Waals surface area contributed by atoms with Crippen molar-refractivity contribution in [1.82, 2.24) is 9.78 Å². The lowest BCUT2D eigenvalue weighted by atomic mass is 9.99. The molecule has 2 aromatic rings. The zero-order chi connectivity index (χ0) is 14.7. The van der Waals surface area contributed by atoms with Crippen LogP contribution in [-0.4, -0.2) is 16.9 Å². The molecule has 0 spiro atoms. The Labute approximate surface area is 120 Å². The molecule has 4 nitrogen and oxygen atoms in total. The van der Waals surface area contributed by atoms with Gasteiger partial charge < -0.3 is 10.5 Å². The number of ether oxygens (including phenoxy) is 1. The monoisotopic (exact) mass is 273 g/mol. The Hall–Kier alpha value is -1.81. The topological polar surface area (TPSA) is 53.1 Å². The van der Waals surface area contributed by atoms with E-state index < -0.39 is 0 Å². The average Bonchev–Trinajstić information content (AvgIpc) is 2.84. The molecule has 2 N–H and O–H groups in total. The summed E-state index contributed by atoms with van der Waals surface area (Å²) in [6.45, 7) is 7.18. The van der Waals surface area contributed by atoms with Gasteiger partial charge in [0.2, 0.25) is 0 Å². The summed E-state index contributed by atoms with van der Waals surface area (Å²) in [4.78, 5) is 0. The molecular weight excluding hydrogens is 250 g/mol. The smallest absolute Gasteiger partial charge is 0.161 e. The molecule has 108 valence electrons. The Morgan fingerprint density at radius 2 is 2.05 bits per heavy atom. The molecule has 2 rings (SSSR count). The molecular formula is C16H23N3O. The quantitative estimate of drug-likeness (QED) is 0.911. The first kappa shape index (κ1) is 14.6. The Balaban J connectivity index is 2.43. The van der Waals surface area contributed by atoms with Crippen molar-refractivity contribution < 1.29 is 4.74 Å². The Morgan fingerprint density at radius 1 is 1.30 bits per heavy atom. The molecule has 1 aromatic carbocycles. The van der Waals surface area contributed by atoms with E-state index in [0.29, 0.717) is 0 Å². The molecule has 0 bridgehead atoms. The van der Waals surface area contributed by atoms with E-state index in [1.807, 2.05) is 4.68 Å². The van der Waals surface area contributed by atoms with Gasteiger partial charge >= 0.3 is 0 Å². The van der Waals surface area contributed by atoms with Gasteiger partial charge in [0.15, 0.2) is 5.75 Å². The van der Waals surface area contributed by atoms with Crippen molar-refractivity contribution >= 4 is 0 Å². The van der Waals surface area contributed by atoms with Gasteiger partial charge in [-0.3, -0.25) is 4.68 Å². The van der Waals surface area contributed by atoms with Gasteiger partial charge in [-0.05, 0) is 37.0 Å². The Bertz CT molecular complexity index is 589. The van der Waals surface area contributed by atoms with Crippen LogP contribution < -0.4 is 10.5 Å². The maximum absolute atomic E-state index is 6.45. The summed E-state index contributed by atoms with van der Waals surface area (Å²) in [5.41, 5.74) is 11.0. The zero-order valence-electron chi connectivity index (χ0n) is 12.7. The summed E-state index contributed by atoms with van der Waals surface area (Å²) in [5, 5.41) is 4.37. The Kier molecular flexibility index (Phi) is 4.45. The fraction of sp³-hybridized carbons (Fsp3) is 0.438. The lowest BCUT2D eigenvalue weighted by molar-refractivity contribution is 0.404. The first-order valence-electron chi connectivity index (χ1n) is 7.00. The van der Waals surface area contributed by atoms with E-state index >= 15 is 0 Å². The van der Waals surface area contributed by atoms with Crippen LogP contribution in [0.2, 0.25) is 0 Å². The van der Waals surface area contributed by atoms with E-state index in [-0.39, 0.29) is 6.04 Å². The van der Waals surface area contributed by atoms with Gasteiger partial charge in [0.05, 0.1) is 19.3 Å². The van der Waals surface area contributed by atoms with Gasteiger partial charge in [0.1, 0.15) is 5.69 Å². The number of nitrogens with zero attached hydrogens (tertiary/aromatic N) is 2. The van der Waals surface area contributed by atoms with E-state index in [0.717, 1.165) is 30.0 Å². The molecule has 4 heteroatoms. The lowest BCUT2D eigenvalue weighted by Gasteiger charge is -2.17. The van der Waals surface area contributed by atoms with Crippen molar-refractivity contribution in [3.8, 4) is 5.75 Å². The molecule has 1 heterocycles. The van der Waals surface area contributed by atoms with Crippen LogP contribution in [0.1, 0.15) is 41.8 Å². The predicted octanol–water partition coefficient (Wildman–Crippen LogP) is 2.97. The lowest BCUT2D eigenvalue weighted by Crippen LogP contribution is -2.18. The largest absolute Gasteiger partial charge is 0.493 e. The van der Waals surface area contributed by atoms with Crippen LogP contribution in [-0.2, 0) is 6.54 Å². The first-order chi connectivity index (χ1) is 9.58. The molecule has 0 aliphatic rings. The number of hydrogen-bond acceptors (Lipinski definition) is 3. The van der Waals surface area contributed by atoms with Crippen molar-refractivity contribution in [1.29, 1.82) is 0 Å². The zero-order valence-corrected chi connectivity index (χ0v) is 12.7. The summed E-state index contributed by atoms with van der Waals surface area (Å²) < 4.78 is 7.35. The molecule has 1 unspecified atom stereocenters. The minimum Gasteiger partial charge on any atom is -0.493 e. The van der Waals surface area contributed by atoms with E-state index in [2.05, 4.69) is 44.1 Å². The standard InChI is InChI=1S/C16H23N3O/c1-5-8-19-16(14(20-4)10-18-19)15(17)13-7-6-11(2)12(3)9-13/h6-7,9-10,15H,5,8,17H2,1-4H3. The van der Waals surface area contributed by atoms with Gasteiger partial charge in [-0.2, -0.15) is 5.10 Å². The van der Waals surface area contributed by atoms with E-state index in [1.54, 1.807) is 13.3 Å². The summed E-state index contributed by atoms with van der Waals surface area (Å²) in [6.07, 6.45) is 2.75. The fourth-order valence-electron chi connectivity index (χ4n) is 2.35. The van der Waals surface area contributed by atoms with Gasteiger partial charge in [-0.15, -0.1) is 0 Å². The third-order valence-corrected chi connectivity index (χ3v) is 3.68. The second-order valence-electron chi connectivity index (χ2n) is 5.14. The van der Waals surface area contributed by atoms with Crippen LogP contribution in [0.5, 0.6) is 5.75 Å². The first-order valence-corrected chi connectivity index (χ1v) is 7.00. The minimum atomic E-state index is -0.224. The average molecular weight is 273 g/mol. The number of rotatable bonds is 5. The second kappa shape index (κ2) is 6.09. The van der Waals surface area contributed by atoms with Gasteiger partial charge in [-0.25, -0.2) is 0 Å². The molecule has 1 atom stereocenters. The molecule has 0 radical (unpaired) electrons. The number of methoxy groups -OCH3 is 1. The molecule has 1 aromatic heterocycles. The highest BCUT2D eigenvalue weighted by Crippen LogP contribution is 2.29. The number of aryl methyl sites for hydroxylation is 3. The minimum absolute atomic E-state index is 0.224. The van der Waals surface area contributed by atoms with Crippen molar-refractivity contribution in [2.24, 2.45) is 5.73 Å². The van der Waals surface area contributed by atoms with Crippen LogP contribution in [0.4, 0.5) is 0 Å². The van der Waals surface area contributed by atoms with E-state index in [4.69, 9.17) is 10.5 Å². The predicted molar refractivity (Wildman–Crippen MR) is 81.0 cm³/mol. The maximum atomic E-state index is 6.45. The maximum Gasteiger partial charge on any atom is 0.161 e. The van der Waals surface area contributed by atoms with Crippen molar-refractivity contribution in [3.05, 3.63) is 46.8 Å². The second-order valence-corrected chi connectivity index (χ2v) is 5.14. The highest BCUT2D eigenvalue weighted by molar-refractivity contribution is 5.39. The molecule has 0 amide bonds. The van der Waals surface area contributed by atoms with E-state index in [9.17, 15) is 0 Å².